The molecule has 9 heteroatoms. The summed E-state index contributed by atoms with van der Waals surface area (Å²) in [6.07, 6.45) is -0.957. The monoisotopic (exact) mass is 376 g/mol. The van der Waals surface area contributed by atoms with Crippen LogP contribution in [0.15, 0.2) is 42.6 Å². The number of ether oxygens (including phenoxy) is 1. The van der Waals surface area contributed by atoms with Crippen LogP contribution in [0, 0.1) is 6.92 Å². The average Bonchev–Trinajstić information content (AvgIpc) is 2.87. The van der Waals surface area contributed by atoms with Crippen LogP contribution in [0.3, 0.4) is 0 Å². The van der Waals surface area contributed by atoms with Crippen molar-refractivity contribution in [3.8, 4) is 5.75 Å². The van der Waals surface area contributed by atoms with Gasteiger partial charge in [0.05, 0.1) is 17.6 Å². The van der Waals surface area contributed by atoms with Crippen molar-refractivity contribution in [2.24, 2.45) is 7.05 Å². The molecule has 3 rings (SSSR count). The number of carbonyl (C=O) groups is 1. The molecule has 0 aliphatic heterocycles. The van der Waals surface area contributed by atoms with Gasteiger partial charge < -0.3 is 10.1 Å². The number of pyridine rings is 1. The molecule has 0 aliphatic rings. The van der Waals surface area contributed by atoms with E-state index in [2.05, 4.69) is 20.1 Å². The standard InChI is InChI=1S/C18H15F3N4O2/c1-11-14-9-13(10-22-17(14)25(2)24-11)23-16(26)8-7-12-5-3-4-6-15(12)27-18(19,20)21/h3-10H,1-2H3,(H,23,26)/b8-7-. The number of benzene rings is 1. The Morgan fingerprint density at radius 2 is 2.04 bits per heavy atom. The number of amides is 1. The van der Waals surface area contributed by atoms with Gasteiger partial charge in [0.25, 0.3) is 0 Å². The van der Waals surface area contributed by atoms with Crippen LogP contribution in [0.1, 0.15) is 11.3 Å². The molecule has 0 radical (unpaired) electrons. The van der Waals surface area contributed by atoms with E-state index in [9.17, 15) is 18.0 Å². The van der Waals surface area contributed by atoms with Gasteiger partial charge in [0.15, 0.2) is 5.65 Å². The van der Waals surface area contributed by atoms with Gasteiger partial charge in [-0.2, -0.15) is 5.10 Å². The van der Waals surface area contributed by atoms with Gasteiger partial charge >= 0.3 is 6.36 Å². The molecule has 1 N–H and O–H groups in total. The number of halogens is 3. The molecule has 2 aromatic heterocycles. The Hall–Kier alpha value is -3.36. The van der Waals surface area contributed by atoms with E-state index in [1.165, 1.54) is 30.5 Å². The summed E-state index contributed by atoms with van der Waals surface area (Å²) in [7, 11) is 1.77. The first-order chi connectivity index (χ1) is 12.7. The number of fused-ring (bicyclic) bond motifs is 1. The van der Waals surface area contributed by atoms with Crippen molar-refractivity contribution in [1.29, 1.82) is 0 Å². The third-order valence-electron chi connectivity index (χ3n) is 3.69. The third kappa shape index (κ3) is 4.43. The van der Waals surface area contributed by atoms with Crippen LogP contribution in [0.4, 0.5) is 18.9 Å². The molecule has 0 unspecified atom stereocenters. The van der Waals surface area contributed by atoms with Gasteiger partial charge in [0.1, 0.15) is 5.75 Å². The lowest BCUT2D eigenvalue weighted by Gasteiger charge is -2.10. The smallest absolute Gasteiger partial charge is 0.405 e. The van der Waals surface area contributed by atoms with Crippen molar-refractivity contribution in [1.82, 2.24) is 14.8 Å². The summed E-state index contributed by atoms with van der Waals surface area (Å²) in [4.78, 5) is 16.3. The highest BCUT2D eigenvalue weighted by Crippen LogP contribution is 2.27. The van der Waals surface area contributed by atoms with Gasteiger partial charge in [-0.3, -0.25) is 9.48 Å². The fraction of sp³-hybridized carbons (Fsp3) is 0.167. The number of nitrogens with one attached hydrogen (secondary N) is 1. The quantitative estimate of drug-likeness (QED) is 0.703. The van der Waals surface area contributed by atoms with E-state index in [4.69, 9.17) is 0 Å². The number of hydrogen-bond donors (Lipinski definition) is 1. The van der Waals surface area contributed by atoms with Crippen LogP contribution in [0.25, 0.3) is 17.1 Å². The maximum absolute atomic E-state index is 12.4. The molecular weight excluding hydrogens is 361 g/mol. The van der Waals surface area contributed by atoms with E-state index in [-0.39, 0.29) is 11.3 Å². The lowest BCUT2D eigenvalue weighted by molar-refractivity contribution is -0.274. The largest absolute Gasteiger partial charge is 0.573 e. The van der Waals surface area contributed by atoms with Crippen LogP contribution in [-0.2, 0) is 11.8 Å². The molecule has 0 saturated heterocycles. The zero-order valence-electron chi connectivity index (χ0n) is 14.4. The van der Waals surface area contributed by atoms with Crippen molar-refractivity contribution in [3.05, 3.63) is 53.9 Å². The molecule has 3 aromatic rings. The molecule has 0 bridgehead atoms. The maximum Gasteiger partial charge on any atom is 0.573 e. The van der Waals surface area contributed by atoms with E-state index in [1.54, 1.807) is 23.9 Å². The Morgan fingerprint density at radius 1 is 1.30 bits per heavy atom. The molecule has 6 nitrogen and oxygen atoms in total. The molecule has 0 aliphatic carbocycles. The number of nitrogens with zero attached hydrogens (tertiary/aromatic N) is 3. The molecule has 140 valence electrons. The maximum atomic E-state index is 12.4. The van der Waals surface area contributed by atoms with Gasteiger partial charge in [0.2, 0.25) is 5.91 Å². The van der Waals surface area contributed by atoms with E-state index in [0.717, 1.165) is 17.2 Å². The normalized spacial score (nSPS) is 11.9. The van der Waals surface area contributed by atoms with Crippen LogP contribution in [0.5, 0.6) is 5.75 Å². The van der Waals surface area contributed by atoms with Gasteiger partial charge in [-0.05, 0) is 25.1 Å². The predicted molar refractivity (Wildman–Crippen MR) is 94.0 cm³/mol. The fourth-order valence-corrected chi connectivity index (χ4v) is 2.56. The molecule has 0 atom stereocenters. The van der Waals surface area contributed by atoms with Crippen LogP contribution < -0.4 is 10.1 Å². The van der Waals surface area contributed by atoms with Gasteiger partial charge in [-0.15, -0.1) is 13.2 Å². The predicted octanol–water partition coefficient (Wildman–Crippen LogP) is 3.83. The van der Waals surface area contributed by atoms with E-state index in [0.29, 0.717) is 11.3 Å². The number of alkyl halides is 3. The summed E-state index contributed by atoms with van der Waals surface area (Å²) in [6, 6.07) is 7.28. The van der Waals surface area contributed by atoms with E-state index in [1.807, 2.05) is 6.92 Å². The minimum Gasteiger partial charge on any atom is -0.405 e. The Morgan fingerprint density at radius 3 is 2.78 bits per heavy atom. The second kappa shape index (κ2) is 7.10. The van der Waals surface area contributed by atoms with Gasteiger partial charge in [-0.1, -0.05) is 18.2 Å². The first-order valence-corrected chi connectivity index (χ1v) is 7.86. The van der Waals surface area contributed by atoms with Crippen molar-refractivity contribution >= 4 is 28.7 Å². The van der Waals surface area contributed by atoms with Gasteiger partial charge in [0, 0.05) is 24.1 Å². The number of aromatic nitrogens is 3. The first-order valence-electron chi connectivity index (χ1n) is 7.86. The second-order valence-corrected chi connectivity index (χ2v) is 5.71. The molecule has 27 heavy (non-hydrogen) atoms. The van der Waals surface area contributed by atoms with Crippen LogP contribution in [0.2, 0.25) is 0 Å². The number of para-hydroxylation sites is 1. The van der Waals surface area contributed by atoms with Crippen molar-refractivity contribution < 1.29 is 22.7 Å². The van der Waals surface area contributed by atoms with Crippen molar-refractivity contribution in [2.45, 2.75) is 13.3 Å². The summed E-state index contributed by atoms with van der Waals surface area (Å²) >= 11 is 0. The number of anilines is 1. The zero-order valence-corrected chi connectivity index (χ0v) is 14.4. The highest BCUT2D eigenvalue weighted by Gasteiger charge is 2.31. The SMILES string of the molecule is Cc1nn(C)c2ncc(NC(=O)/C=C\c3ccccc3OC(F)(F)F)cc12. The molecule has 1 aromatic carbocycles. The lowest BCUT2D eigenvalue weighted by Crippen LogP contribution is -2.17. The summed E-state index contributed by atoms with van der Waals surface area (Å²) in [6.45, 7) is 1.83. The average molecular weight is 376 g/mol. The summed E-state index contributed by atoms with van der Waals surface area (Å²) in [5.74, 6) is -0.900. The number of rotatable bonds is 4. The summed E-state index contributed by atoms with van der Waals surface area (Å²) < 4.78 is 42.9. The fourth-order valence-electron chi connectivity index (χ4n) is 2.56. The number of hydrogen-bond acceptors (Lipinski definition) is 4. The number of aryl methyl sites for hydroxylation is 2. The topological polar surface area (TPSA) is 69.0 Å². The Kier molecular flexibility index (Phi) is 4.85. The zero-order chi connectivity index (χ0) is 19.6. The molecule has 1 amide bonds. The van der Waals surface area contributed by atoms with Crippen LogP contribution >= 0.6 is 0 Å². The lowest BCUT2D eigenvalue weighted by atomic mass is 10.2. The minimum absolute atomic E-state index is 0.127. The molecule has 0 fully saturated rings. The molecule has 2 heterocycles. The number of carbonyl (C=O) groups excluding carboxylic acids is 1. The minimum atomic E-state index is -4.81. The van der Waals surface area contributed by atoms with Gasteiger partial charge in [-0.25, -0.2) is 4.98 Å². The first kappa shape index (κ1) is 18.4. The van der Waals surface area contributed by atoms with Crippen molar-refractivity contribution in [3.63, 3.8) is 0 Å². The van der Waals surface area contributed by atoms with E-state index >= 15 is 0 Å². The molecular formula is C18H15F3N4O2. The Labute approximate surface area is 152 Å². The van der Waals surface area contributed by atoms with Crippen LogP contribution in [-0.4, -0.2) is 27.0 Å². The summed E-state index contributed by atoms with van der Waals surface area (Å²) in [5.41, 5.74) is 2.03. The highest BCUT2D eigenvalue weighted by atomic mass is 19.4. The summed E-state index contributed by atoms with van der Waals surface area (Å²) in [5, 5.41) is 7.66. The second-order valence-electron chi connectivity index (χ2n) is 5.71. The molecule has 0 saturated carbocycles. The highest BCUT2D eigenvalue weighted by molar-refractivity contribution is 6.02. The Bertz CT molecular complexity index is 1030. The van der Waals surface area contributed by atoms with E-state index < -0.39 is 12.3 Å². The molecule has 0 spiro atoms. The third-order valence-corrected chi connectivity index (χ3v) is 3.69. The Balaban J connectivity index is 1.76. The van der Waals surface area contributed by atoms with Crippen molar-refractivity contribution in [2.75, 3.05) is 5.32 Å².